The molecule has 0 unspecified atom stereocenters. The van der Waals surface area contributed by atoms with Gasteiger partial charge < -0.3 is 5.21 Å². The molecule has 4 heteroatoms. The average molecular weight is 139 g/mol. The van der Waals surface area contributed by atoms with E-state index >= 15 is 0 Å². The molecule has 0 radical (unpaired) electrons. The first kappa shape index (κ1) is 7.62. The summed E-state index contributed by atoms with van der Waals surface area (Å²) in [5, 5.41) is 9.73. The predicted octanol–water partition coefficient (Wildman–Crippen LogP) is 0.885. The first-order valence-electron chi connectivity index (χ1n) is 1.85. The van der Waals surface area contributed by atoms with Gasteiger partial charge in [-0.25, -0.2) is 0 Å². The van der Waals surface area contributed by atoms with Crippen molar-refractivity contribution in [3.63, 3.8) is 0 Å². The van der Waals surface area contributed by atoms with E-state index in [4.69, 9.17) is 5.21 Å². The molecule has 0 fully saturated rings. The van der Waals surface area contributed by atoms with E-state index in [2.05, 4.69) is 12.6 Å². The van der Waals surface area contributed by atoms with Crippen LogP contribution in [0.25, 0.3) is 0 Å². The quantitative estimate of drug-likeness (QED) is 0.345. The van der Waals surface area contributed by atoms with Gasteiger partial charge in [-0.2, -0.15) is 17.7 Å². The fourth-order valence-corrected chi connectivity index (χ4v) is 0.814. The molecule has 0 amide bonds. The molecule has 2 nitrogen and oxygen atoms in total. The summed E-state index contributed by atoms with van der Waals surface area (Å²) in [6.07, 6.45) is 1.92. The Hall–Kier alpha value is 0.620. The van der Waals surface area contributed by atoms with Crippen molar-refractivity contribution in [3.8, 4) is 0 Å². The Labute approximate surface area is 53.3 Å². The van der Waals surface area contributed by atoms with Crippen molar-refractivity contribution >= 4 is 24.4 Å². The number of nitrogens with zero attached hydrogens (tertiary/aromatic N) is 1. The Kier molecular flexibility index (Phi) is 5.19. The Morgan fingerprint density at radius 1 is 1.86 bits per heavy atom. The number of thiol groups is 1. The Balaban J connectivity index is 2.83. The van der Waals surface area contributed by atoms with Gasteiger partial charge in [0.2, 0.25) is 0 Å². The lowest BCUT2D eigenvalue weighted by Gasteiger charge is -2.06. The Bertz CT molecular complexity index is 43.9. The van der Waals surface area contributed by atoms with Crippen molar-refractivity contribution < 1.29 is 5.21 Å². The molecule has 0 aliphatic heterocycles. The van der Waals surface area contributed by atoms with Gasteiger partial charge in [0.15, 0.2) is 0 Å². The third-order valence-electron chi connectivity index (χ3n) is 0.441. The highest BCUT2D eigenvalue weighted by atomic mass is 32.2. The van der Waals surface area contributed by atoms with E-state index in [-0.39, 0.29) is 0 Å². The summed E-state index contributed by atoms with van der Waals surface area (Å²) < 4.78 is 0. The largest absolute Gasteiger partial charge is 0.312 e. The first-order chi connectivity index (χ1) is 3.31. The fraction of sp³-hybridized carbons (Fsp3) is 1.00. The summed E-state index contributed by atoms with van der Waals surface area (Å²) in [6.45, 7) is 0. The van der Waals surface area contributed by atoms with Crippen LogP contribution >= 0.6 is 24.4 Å². The number of hydrogen-bond acceptors (Lipinski definition) is 4. The van der Waals surface area contributed by atoms with E-state index in [9.17, 15) is 0 Å². The molecule has 0 rings (SSSR count). The van der Waals surface area contributed by atoms with E-state index in [1.165, 1.54) is 0 Å². The van der Waals surface area contributed by atoms with Crippen molar-refractivity contribution in [2.75, 3.05) is 18.0 Å². The van der Waals surface area contributed by atoms with Crippen LogP contribution in [-0.4, -0.2) is 28.3 Å². The summed E-state index contributed by atoms with van der Waals surface area (Å²) in [4.78, 5) is 0. The molecule has 0 saturated heterocycles. The average Bonchev–Trinajstić information content (AvgIpc) is 1.68. The lowest BCUT2D eigenvalue weighted by Crippen LogP contribution is -2.15. The van der Waals surface area contributed by atoms with Gasteiger partial charge in [-0.05, 0) is 6.26 Å². The van der Waals surface area contributed by atoms with Gasteiger partial charge in [0.25, 0.3) is 0 Å². The van der Waals surface area contributed by atoms with E-state index < -0.39 is 0 Å². The van der Waals surface area contributed by atoms with Gasteiger partial charge >= 0.3 is 0 Å². The molecule has 0 aromatic carbocycles. The molecular weight excluding hydrogens is 130 g/mol. The number of hydroxylamine groups is 2. The van der Waals surface area contributed by atoms with E-state index in [1.807, 2.05) is 6.26 Å². The monoisotopic (exact) mass is 139 g/mol. The van der Waals surface area contributed by atoms with Crippen LogP contribution in [0.15, 0.2) is 0 Å². The van der Waals surface area contributed by atoms with Crippen LogP contribution < -0.4 is 0 Å². The predicted molar refractivity (Wildman–Crippen MR) is 35.9 cm³/mol. The van der Waals surface area contributed by atoms with E-state index in [0.29, 0.717) is 11.8 Å². The molecule has 0 atom stereocenters. The molecule has 0 aromatic heterocycles. The molecular formula is C3H9NOS2. The van der Waals surface area contributed by atoms with Gasteiger partial charge in [-0.1, -0.05) is 0 Å². The van der Waals surface area contributed by atoms with E-state index in [1.54, 1.807) is 11.8 Å². The molecule has 0 bridgehead atoms. The molecule has 7 heavy (non-hydrogen) atoms. The minimum Gasteiger partial charge on any atom is -0.312 e. The highest BCUT2D eigenvalue weighted by Crippen LogP contribution is 1.94. The maximum absolute atomic E-state index is 8.59. The van der Waals surface area contributed by atoms with Gasteiger partial charge in [-0.15, -0.1) is 11.8 Å². The molecule has 0 saturated carbocycles. The van der Waals surface area contributed by atoms with Crippen molar-refractivity contribution in [1.82, 2.24) is 5.06 Å². The number of hydrogen-bond donors (Lipinski definition) is 2. The molecule has 0 spiro atoms. The van der Waals surface area contributed by atoms with Crippen LogP contribution in [0.4, 0.5) is 0 Å². The van der Waals surface area contributed by atoms with Crippen molar-refractivity contribution in [2.45, 2.75) is 0 Å². The Morgan fingerprint density at radius 2 is 2.43 bits per heavy atom. The summed E-state index contributed by atoms with van der Waals surface area (Å²) in [5.74, 6) is 1.03. The van der Waals surface area contributed by atoms with Crippen LogP contribution in [0.3, 0.4) is 0 Å². The van der Waals surface area contributed by atoms with Gasteiger partial charge in [0.1, 0.15) is 0 Å². The maximum Gasteiger partial charge on any atom is 0.0700 e. The molecule has 1 N–H and O–H groups in total. The smallest absolute Gasteiger partial charge is 0.0700 e. The Morgan fingerprint density at radius 3 is 2.57 bits per heavy atom. The van der Waals surface area contributed by atoms with Gasteiger partial charge in [0, 0.05) is 0 Å². The number of thioether (sulfide) groups is 1. The lowest BCUT2D eigenvalue weighted by molar-refractivity contribution is -0.0511. The fourth-order valence-electron chi connectivity index (χ4n) is 0.190. The zero-order chi connectivity index (χ0) is 5.70. The number of rotatable bonds is 3. The standard InChI is InChI=1S/C3H9NOS2/c1-7-3-4(5)2-6/h5-6H,2-3H2,1H3. The summed E-state index contributed by atoms with van der Waals surface area (Å²) in [7, 11) is 0. The summed E-state index contributed by atoms with van der Waals surface area (Å²) >= 11 is 5.37. The van der Waals surface area contributed by atoms with Crippen LogP contribution in [-0.2, 0) is 0 Å². The lowest BCUT2D eigenvalue weighted by atomic mass is 11.2. The first-order valence-corrected chi connectivity index (χ1v) is 3.87. The second kappa shape index (κ2) is 4.77. The zero-order valence-corrected chi connectivity index (χ0v) is 5.88. The normalized spacial score (nSPS) is 10.3. The van der Waals surface area contributed by atoms with Crippen molar-refractivity contribution in [2.24, 2.45) is 0 Å². The van der Waals surface area contributed by atoms with Gasteiger partial charge in [0.05, 0.1) is 11.8 Å². The highest BCUT2D eigenvalue weighted by molar-refractivity contribution is 7.98. The topological polar surface area (TPSA) is 23.5 Å². The van der Waals surface area contributed by atoms with Crippen LogP contribution in [0.1, 0.15) is 0 Å². The molecule has 0 aliphatic rings. The summed E-state index contributed by atoms with van der Waals surface area (Å²) in [5.41, 5.74) is 0. The van der Waals surface area contributed by atoms with Crippen LogP contribution in [0.5, 0.6) is 0 Å². The third-order valence-corrected chi connectivity index (χ3v) is 1.32. The summed E-state index contributed by atoms with van der Waals surface area (Å²) in [6, 6.07) is 0. The molecule has 0 aromatic rings. The molecule has 0 aliphatic carbocycles. The van der Waals surface area contributed by atoms with Gasteiger partial charge in [-0.3, -0.25) is 0 Å². The highest BCUT2D eigenvalue weighted by Gasteiger charge is 1.89. The van der Waals surface area contributed by atoms with E-state index in [0.717, 1.165) is 5.06 Å². The third kappa shape index (κ3) is 4.47. The second-order valence-electron chi connectivity index (χ2n) is 1.07. The molecule has 44 valence electrons. The minimum absolute atomic E-state index is 0.404. The van der Waals surface area contributed by atoms with Crippen LogP contribution in [0, 0.1) is 0 Å². The SMILES string of the molecule is CSCN(O)CS. The van der Waals surface area contributed by atoms with Crippen molar-refractivity contribution in [1.29, 1.82) is 0 Å². The second-order valence-corrected chi connectivity index (χ2v) is 2.18. The zero-order valence-electron chi connectivity index (χ0n) is 4.16. The minimum atomic E-state index is 0.404. The van der Waals surface area contributed by atoms with Crippen LogP contribution in [0.2, 0.25) is 0 Å². The van der Waals surface area contributed by atoms with Crippen molar-refractivity contribution in [3.05, 3.63) is 0 Å². The maximum atomic E-state index is 8.59. The molecule has 0 heterocycles.